The zero-order chi connectivity index (χ0) is 13.0. The maximum Gasteiger partial charge on any atom is 0.244 e. The second kappa shape index (κ2) is 6.26. The molecule has 18 heavy (non-hydrogen) atoms. The summed E-state index contributed by atoms with van der Waals surface area (Å²) in [6.45, 7) is 0. The van der Waals surface area contributed by atoms with Crippen LogP contribution in [0.1, 0.15) is 31.2 Å². The molecule has 1 aliphatic rings. The summed E-state index contributed by atoms with van der Waals surface area (Å²) in [5.74, 6) is -0.0574. The average Bonchev–Trinajstić information content (AvgIpc) is 2.78. The predicted octanol–water partition coefficient (Wildman–Crippen LogP) is 4.07. The molecular formula is C14H15Cl2NO. The molecule has 0 bridgehead atoms. The molecular weight excluding hydrogens is 269 g/mol. The van der Waals surface area contributed by atoms with Crippen molar-refractivity contribution in [2.75, 3.05) is 0 Å². The molecule has 96 valence electrons. The topological polar surface area (TPSA) is 29.1 Å². The number of benzene rings is 1. The van der Waals surface area contributed by atoms with Crippen LogP contribution in [0.3, 0.4) is 0 Å². The van der Waals surface area contributed by atoms with Crippen LogP contribution in [0.4, 0.5) is 0 Å². The highest BCUT2D eigenvalue weighted by atomic mass is 35.5. The number of nitrogens with one attached hydrogen (secondary N) is 1. The van der Waals surface area contributed by atoms with Crippen molar-refractivity contribution in [3.8, 4) is 0 Å². The van der Waals surface area contributed by atoms with Gasteiger partial charge in [-0.3, -0.25) is 4.79 Å². The van der Waals surface area contributed by atoms with E-state index in [0.29, 0.717) is 16.1 Å². The Hall–Kier alpha value is -0.990. The summed E-state index contributed by atoms with van der Waals surface area (Å²) in [6, 6.07) is 5.55. The number of carbonyl (C=O) groups is 1. The van der Waals surface area contributed by atoms with Gasteiger partial charge in [0.25, 0.3) is 0 Å². The summed E-state index contributed by atoms with van der Waals surface area (Å²) < 4.78 is 0. The van der Waals surface area contributed by atoms with Gasteiger partial charge in [-0.25, -0.2) is 0 Å². The summed E-state index contributed by atoms with van der Waals surface area (Å²) in [6.07, 6.45) is 7.84. The lowest BCUT2D eigenvalue weighted by atomic mass is 10.2. The molecule has 1 fully saturated rings. The fourth-order valence-electron chi connectivity index (χ4n) is 2.16. The van der Waals surface area contributed by atoms with Crippen molar-refractivity contribution in [1.29, 1.82) is 0 Å². The average molecular weight is 284 g/mol. The van der Waals surface area contributed by atoms with Gasteiger partial charge in [0, 0.05) is 22.2 Å². The van der Waals surface area contributed by atoms with Crippen LogP contribution in [0.15, 0.2) is 24.3 Å². The first-order chi connectivity index (χ1) is 8.63. The number of amides is 1. The molecule has 0 aromatic heterocycles. The maximum atomic E-state index is 11.7. The van der Waals surface area contributed by atoms with Gasteiger partial charge in [-0.1, -0.05) is 36.0 Å². The number of halogens is 2. The highest BCUT2D eigenvalue weighted by Gasteiger charge is 2.15. The molecule has 0 heterocycles. The van der Waals surface area contributed by atoms with E-state index in [9.17, 15) is 4.79 Å². The molecule has 2 rings (SSSR count). The molecule has 0 spiro atoms. The first-order valence-corrected chi connectivity index (χ1v) is 6.84. The third-order valence-corrected chi connectivity index (χ3v) is 3.45. The van der Waals surface area contributed by atoms with Crippen molar-refractivity contribution in [2.24, 2.45) is 0 Å². The molecule has 0 aliphatic heterocycles. The van der Waals surface area contributed by atoms with Gasteiger partial charge in [0.05, 0.1) is 0 Å². The molecule has 1 aromatic carbocycles. The van der Waals surface area contributed by atoms with Gasteiger partial charge >= 0.3 is 0 Å². The van der Waals surface area contributed by atoms with Gasteiger partial charge in [0.2, 0.25) is 5.91 Å². The van der Waals surface area contributed by atoms with Crippen molar-refractivity contribution in [3.63, 3.8) is 0 Å². The molecule has 1 N–H and O–H groups in total. The van der Waals surface area contributed by atoms with Gasteiger partial charge < -0.3 is 5.32 Å². The molecule has 1 aromatic rings. The standard InChI is InChI=1S/C14H15Cl2NO/c15-11-7-10(8-12(16)9-11)5-6-14(18)17-13-3-1-2-4-13/h5-9,13H,1-4H2,(H,17,18)/b6-5+. The molecule has 0 radical (unpaired) electrons. The molecule has 0 saturated heterocycles. The Kier molecular flexibility index (Phi) is 4.67. The number of rotatable bonds is 3. The first kappa shape index (κ1) is 13.4. The largest absolute Gasteiger partial charge is 0.350 e. The lowest BCUT2D eigenvalue weighted by Crippen LogP contribution is -2.30. The molecule has 1 saturated carbocycles. The summed E-state index contributed by atoms with van der Waals surface area (Å²) >= 11 is 11.8. The number of carbonyl (C=O) groups excluding carboxylic acids is 1. The Labute approximate surface area is 117 Å². The molecule has 1 amide bonds. The Balaban J connectivity index is 1.94. The van der Waals surface area contributed by atoms with E-state index in [0.717, 1.165) is 18.4 Å². The van der Waals surface area contributed by atoms with E-state index in [-0.39, 0.29) is 5.91 Å². The lowest BCUT2D eigenvalue weighted by Gasteiger charge is -2.09. The number of hydrogen-bond donors (Lipinski definition) is 1. The molecule has 0 atom stereocenters. The molecule has 0 unspecified atom stereocenters. The van der Waals surface area contributed by atoms with Crippen LogP contribution >= 0.6 is 23.2 Å². The zero-order valence-electron chi connectivity index (χ0n) is 9.96. The summed E-state index contributed by atoms with van der Waals surface area (Å²) in [4.78, 5) is 11.7. The Morgan fingerprint density at radius 3 is 2.39 bits per heavy atom. The van der Waals surface area contributed by atoms with Crippen LogP contribution in [0.5, 0.6) is 0 Å². The molecule has 2 nitrogen and oxygen atoms in total. The monoisotopic (exact) mass is 283 g/mol. The zero-order valence-corrected chi connectivity index (χ0v) is 11.5. The predicted molar refractivity (Wildman–Crippen MR) is 75.9 cm³/mol. The van der Waals surface area contributed by atoms with Crippen LogP contribution in [-0.2, 0) is 4.79 Å². The van der Waals surface area contributed by atoms with E-state index >= 15 is 0 Å². The molecule has 1 aliphatic carbocycles. The smallest absolute Gasteiger partial charge is 0.244 e. The summed E-state index contributed by atoms with van der Waals surface area (Å²) in [5.41, 5.74) is 0.828. The van der Waals surface area contributed by atoms with Crippen LogP contribution in [-0.4, -0.2) is 11.9 Å². The molecule has 4 heteroatoms. The van der Waals surface area contributed by atoms with Crippen LogP contribution in [0, 0.1) is 0 Å². The summed E-state index contributed by atoms with van der Waals surface area (Å²) in [7, 11) is 0. The minimum absolute atomic E-state index is 0.0574. The van der Waals surface area contributed by atoms with E-state index in [1.165, 1.54) is 18.9 Å². The highest BCUT2D eigenvalue weighted by molar-refractivity contribution is 6.34. The lowest BCUT2D eigenvalue weighted by molar-refractivity contribution is -0.117. The van der Waals surface area contributed by atoms with Crippen LogP contribution < -0.4 is 5.32 Å². The minimum atomic E-state index is -0.0574. The van der Waals surface area contributed by atoms with Crippen molar-refractivity contribution in [2.45, 2.75) is 31.7 Å². The van der Waals surface area contributed by atoms with E-state index in [4.69, 9.17) is 23.2 Å². The van der Waals surface area contributed by atoms with Gasteiger partial charge in [-0.2, -0.15) is 0 Å². The third-order valence-electron chi connectivity index (χ3n) is 3.01. The summed E-state index contributed by atoms with van der Waals surface area (Å²) in [5, 5.41) is 4.12. The second-order valence-corrected chi connectivity index (χ2v) is 5.40. The van der Waals surface area contributed by atoms with Crippen LogP contribution in [0.25, 0.3) is 6.08 Å². The Bertz CT molecular complexity index is 445. The fourth-order valence-corrected chi connectivity index (χ4v) is 2.71. The minimum Gasteiger partial charge on any atom is -0.350 e. The first-order valence-electron chi connectivity index (χ1n) is 6.08. The van der Waals surface area contributed by atoms with Gasteiger partial charge in [-0.15, -0.1) is 0 Å². The highest BCUT2D eigenvalue weighted by Crippen LogP contribution is 2.20. The normalized spacial score (nSPS) is 16.3. The van der Waals surface area contributed by atoms with Crippen molar-refractivity contribution < 1.29 is 4.79 Å². The van der Waals surface area contributed by atoms with E-state index < -0.39 is 0 Å². The van der Waals surface area contributed by atoms with Gasteiger partial charge in [-0.05, 0) is 42.7 Å². The van der Waals surface area contributed by atoms with Crippen molar-refractivity contribution in [3.05, 3.63) is 39.9 Å². The number of hydrogen-bond acceptors (Lipinski definition) is 1. The van der Waals surface area contributed by atoms with E-state index in [1.807, 2.05) is 0 Å². The maximum absolute atomic E-state index is 11.7. The Morgan fingerprint density at radius 1 is 1.17 bits per heavy atom. The Morgan fingerprint density at radius 2 is 1.78 bits per heavy atom. The third kappa shape index (κ3) is 4.04. The van der Waals surface area contributed by atoms with Crippen LogP contribution in [0.2, 0.25) is 10.0 Å². The second-order valence-electron chi connectivity index (χ2n) is 4.53. The van der Waals surface area contributed by atoms with Gasteiger partial charge in [0.1, 0.15) is 0 Å². The quantitative estimate of drug-likeness (QED) is 0.833. The van der Waals surface area contributed by atoms with Crippen molar-refractivity contribution >= 4 is 35.2 Å². The van der Waals surface area contributed by atoms with Gasteiger partial charge in [0.15, 0.2) is 0 Å². The fraction of sp³-hybridized carbons (Fsp3) is 0.357. The van der Waals surface area contributed by atoms with Crippen molar-refractivity contribution in [1.82, 2.24) is 5.32 Å². The van der Waals surface area contributed by atoms with E-state index in [1.54, 1.807) is 24.3 Å². The van der Waals surface area contributed by atoms with E-state index in [2.05, 4.69) is 5.32 Å². The SMILES string of the molecule is O=C(/C=C/c1cc(Cl)cc(Cl)c1)NC1CCCC1.